The molecule has 3 N–H and O–H groups in total. The number of hydrogen-bond acceptors (Lipinski definition) is 8. The summed E-state index contributed by atoms with van der Waals surface area (Å²) in [6.45, 7) is 2.17. The van der Waals surface area contributed by atoms with Gasteiger partial charge in [0.05, 0.1) is 43.2 Å². The molecule has 1 aliphatic rings. The lowest BCUT2D eigenvalue weighted by molar-refractivity contribution is -0.132. The van der Waals surface area contributed by atoms with Crippen LogP contribution < -0.4 is 9.62 Å². The molecule has 9 nitrogen and oxygen atoms in total. The number of anilines is 1. The predicted molar refractivity (Wildman–Crippen MR) is 161 cm³/mol. The van der Waals surface area contributed by atoms with E-state index in [1.165, 1.54) is 49.3 Å². The maximum absolute atomic E-state index is 13.5. The number of carbonyl (C=O) groups excluding carboxylic acids is 1. The first-order valence-corrected chi connectivity index (χ1v) is 14.9. The van der Waals surface area contributed by atoms with Gasteiger partial charge in [0, 0.05) is 36.9 Å². The Kier molecular flexibility index (Phi) is 11.0. The molecule has 0 atom stereocenters. The van der Waals surface area contributed by atoms with E-state index >= 15 is 0 Å². The molecule has 42 heavy (non-hydrogen) atoms. The molecule has 0 saturated carbocycles. The number of nitrogens with one attached hydrogen (secondary N) is 1. The van der Waals surface area contributed by atoms with Crippen LogP contribution in [0.4, 0.5) is 10.1 Å². The average molecular weight is 599 g/mol. The number of amides is 1. The Hall–Kier alpha value is -3.80. The van der Waals surface area contributed by atoms with Crippen molar-refractivity contribution in [1.29, 1.82) is 0 Å². The zero-order chi connectivity index (χ0) is 30.1. The Bertz CT molecular complexity index is 1470. The lowest BCUT2D eigenvalue weighted by atomic mass is 9.94. The number of phenols is 1. The van der Waals surface area contributed by atoms with E-state index in [0.717, 1.165) is 24.8 Å². The molecule has 0 saturated heterocycles. The van der Waals surface area contributed by atoms with Gasteiger partial charge in [0.15, 0.2) is 0 Å². The van der Waals surface area contributed by atoms with Gasteiger partial charge in [-0.1, -0.05) is 24.1 Å². The summed E-state index contributed by atoms with van der Waals surface area (Å²) in [7, 11) is 1.51. The van der Waals surface area contributed by atoms with Gasteiger partial charge >= 0.3 is 5.97 Å². The van der Waals surface area contributed by atoms with Gasteiger partial charge in [0.25, 0.3) is 5.91 Å². The van der Waals surface area contributed by atoms with Crippen molar-refractivity contribution in [2.75, 3.05) is 50.6 Å². The molecule has 0 bridgehead atoms. The molecule has 11 heteroatoms. The second kappa shape index (κ2) is 14.9. The van der Waals surface area contributed by atoms with Crippen LogP contribution in [0.1, 0.15) is 36.0 Å². The average Bonchev–Trinajstić information content (AvgIpc) is 3.36. The van der Waals surface area contributed by atoms with Crippen molar-refractivity contribution in [3.63, 3.8) is 0 Å². The number of rotatable bonds is 15. The van der Waals surface area contributed by atoms with Crippen molar-refractivity contribution >= 4 is 40.5 Å². The van der Waals surface area contributed by atoms with Gasteiger partial charge < -0.3 is 33.7 Å². The number of aromatic hydroxyl groups is 1. The van der Waals surface area contributed by atoms with E-state index in [-0.39, 0.29) is 23.0 Å². The fourth-order valence-corrected chi connectivity index (χ4v) is 5.41. The number of nitrogens with zero attached hydrogens (tertiary/aromatic N) is 1. The van der Waals surface area contributed by atoms with Crippen LogP contribution in [0.3, 0.4) is 0 Å². The highest BCUT2D eigenvalue weighted by Gasteiger charge is 2.24. The summed E-state index contributed by atoms with van der Waals surface area (Å²) in [6.07, 6.45) is 8.69. The second-order valence-corrected chi connectivity index (χ2v) is 10.4. The fourth-order valence-electron chi connectivity index (χ4n) is 4.81. The summed E-state index contributed by atoms with van der Waals surface area (Å²) in [4.78, 5) is 24.1. The number of allylic oxidation sites excluding steroid dienone is 2. The minimum atomic E-state index is -0.879. The molecule has 0 aliphatic heterocycles. The number of halogens is 1. The first-order chi connectivity index (χ1) is 20.3. The smallest absolute Gasteiger partial charge is 0.335 e. The third-order valence-electron chi connectivity index (χ3n) is 6.86. The Balaban J connectivity index is 1.30. The number of carboxylic acid groups (broad SMARTS) is 1. The number of furan rings is 1. The highest BCUT2D eigenvalue weighted by atomic mass is 32.2. The van der Waals surface area contributed by atoms with E-state index in [9.17, 15) is 24.2 Å². The van der Waals surface area contributed by atoms with Crippen molar-refractivity contribution in [2.45, 2.75) is 25.7 Å². The minimum absolute atomic E-state index is 0.0224. The molecular formula is C31H35FN2O7S. The highest BCUT2D eigenvalue weighted by molar-refractivity contribution is 8.00. The standard InChI is InChI=1S/C31H35FN2O7S/c1-33-30(36)28-24-18-26(35)25(19-27(24)41-29(28)21-9-11-22(32)12-10-21)34(42-2)13-15-40-17-16-39-14-5-7-20-6-3-4-8-23(20)31(37)38/h6,8-12,18-19,35H,3-5,7,13-17H2,1-2H3,(H,33,36)(H,37,38). The predicted octanol–water partition coefficient (Wildman–Crippen LogP) is 5.93. The van der Waals surface area contributed by atoms with Crippen LogP contribution in [0.15, 0.2) is 64.1 Å². The molecule has 224 valence electrons. The van der Waals surface area contributed by atoms with E-state index in [0.29, 0.717) is 67.2 Å². The number of phenolic OH excluding ortho intramolecular Hbond substituents is 1. The zero-order valence-corrected chi connectivity index (χ0v) is 24.5. The fraction of sp³-hybridized carbons (Fsp3) is 0.355. The van der Waals surface area contributed by atoms with Crippen molar-refractivity contribution in [2.24, 2.45) is 0 Å². The Morgan fingerprint density at radius 3 is 2.48 bits per heavy atom. The molecular weight excluding hydrogens is 563 g/mol. The third kappa shape index (κ3) is 7.53. The molecule has 1 aliphatic carbocycles. The van der Waals surface area contributed by atoms with E-state index < -0.39 is 11.8 Å². The molecule has 1 heterocycles. The van der Waals surface area contributed by atoms with Gasteiger partial charge in [-0.3, -0.25) is 4.79 Å². The zero-order valence-electron chi connectivity index (χ0n) is 23.7. The van der Waals surface area contributed by atoms with Crippen molar-refractivity contribution < 1.29 is 38.1 Å². The number of hydrogen-bond donors (Lipinski definition) is 3. The number of aliphatic carboxylic acids is 1. The lowest BCUT2D eigenvalue weighted by Gasteiger charge is -2.22. The van der Waals surface area contributed by atoms with Crippen LogP contribution in [0, 0.1) is 5.82 Å². The first-order valence-electron chi connectivity index (χ1n) is 13.7. The number of ether oxygens (including phenoxy) is 2. The van der Waals surface area contributed by atoms with Gasteiger partial charge in [0.2, 0.25) is 0 Å². The van der Waals surface area contributed by atoms with Gasteiger partial charge in [-0.2, -0.15) is 0 Å². The third-order valence-corrected chi connectivity index (χ3v) is 7.68. The number of benzene rings is 2. The monoisotopic (exact) mass is 598 g/mol. The molecule has 0 fully saturated rings. The van der Waals surface area contributed by atoms with E-state index in [1.54, 1.807) is 12.1 Å². The molecule has 2 aromatic carbocycles. The molecule has 4 rings (SSSR count). The van der Waals surface area contributed by atoms with Gasteiger partial charge in [-0.05, 0) is 61.6 Å². The summed E-state index contributed by atoms with van der Waals surface area (Å²) < 4.78 is 32.8. The van der Waals surface area contributed by atoms with Gasteiger partial charge in [-0.25, -0.2) is 9.18 Å². The Labute approximate surface area is 248 Å². The molecule has 3 aromatic rings. The van der Waals surface area contributed by atoms with Crippen LogP contribution in [-0.2, 0) is 14.3 Å². The second-order valence-electron chi connectivity index (χ2n) is 9.57. The first kappa shape index (κ1) is 31.1. The number of carbonyl (C=O) groups is 2. The van der Waals surface area contributed by atoms with Crippen LogP contribution in [0.5, 0.6) is 5.75 Å². The molecule has 1 amide bonds. The molecule has 0 unspecified atom stereocenters. The quantitative estimate of drug-likeness (QED) is 0.144. The van der Waals surface area contributed by atoms with E-state index in [1.807, 2.05) is 16.6 Å². The summed E-state index contributed by atoms with van der Waals surface area (Å²) >= 11 is 1.40. The van der Waals surface area contributed by atoms with Crippen LogP contribution >= 0.6 is 11.9 Å². The maximum atomic E-state index is 13.5. The Morgan fingerprint density at radius 1 is 1.07 bits per heavy atom. The summed E-state index contributed by atoms with van der Waals surface area (Å²) in [5.74, 6) is -1.40. The lowest BCUT2D eigenvalue weighted by Crippen LogP contribution is -2.21. The normalized spacial score (nSPS) is 13.1. The minimum Gasteiger partial charge on any atom is -0.506 e. The van der Waals surface area contributed by atoms with E-state index in [4.69, 9.17) is 13.9 Å². The Morgan fingerprint density at radius 2 is 1.79 bits per heavy atom. The van der Waals surface area contributed by atoms with E-state index in [2.05, 4.69) is 5.32 Å². The van der Waals surface area contributed by atoms with Crippen LogP contribution in [0.25, 0.3) is 22.3 Å². The maximum Gasteiger partial charge on any atom is 0.335 e. The van der Waals surface area contributed by atoms with Crippen LogP contribution in [0.2, 0.25) is 0 Å². The SMILES string of the molecule is CNC(=O)c1c(-c2ccc(F)cc2)oc2cc(N(CCOCCOCCCC3=CCCC=C3C(=O)O)SC)c(O)cc12. The molecule has 1 aromatic heterocycles. The molecule has 0 radical (unpaired) electrons. The largest absolute Gasteiger partial charge is 0.506 e. The van der Waals surface area contributed by atoms with Crippen molar-refractivity contribution in [3.8, 4) is 17.1 Å². The number of fused-ring (bicyclic) bond motifs is 1. The summed E-state index contributed by atoms with van der Waals surface area (Å²) in [6, 6.07) is 8.85. The number of carboxylic acids is 1. The summed E-state index contributed by atoms with van der Waals surface area (Å²) in [5.41, 5.74) is 2.99. The van der Waals surface area contributed by atoms with Gasteiger partial charge in [0.1, 0.15) is 22.9 Å². The summed E-state index contributed by atoms with van der Waals surface area (Å²) in [5, 5.41) is 23.2. The van der Waals surface area contributed by atoms with Crippen molar-refractivity contribution in [3.05, 3.63) is 71.1 Å². The van der Waals surface area contributed by atoms with Crippen LogP contribution in [-0.4, -0.2) is 68.4 Å². The molecule has 0 spiro atoms. The van der Waals surface area contributed by atoms with Crippen molar-refractivity contribution in [1.82, 2.24) is 5.32 Å². The topological polar surface area (TPSA) is 121 Å². The van der Waals surface area contributed by atoms with Gasteiger partial charge in [-0.15, -0.1) is 0 Å². The highest BCUT2D eigenvalue weighted by Crippen LogP contribution is 2.41.